The van der Waals surface area contributed by atoms with Gasteiger partial charge in [0.15, 0.2) is 0 Å². The molecule has 0 atom stereocenters. The first kappa shape index (κ1) is 13.6. The van der Waals surface area contributed by atoms with Crippen molar-refractivity contribution < 1.29 is 0 Å². The first-order valence-corrected chi connectivity index (χ1v) is 7.11. The maximum atomic E-state index is 4.21. The maximum absolute atomic E-state index is 4.21. The Morgan fingerprint density at radius 3 is 2.89 bits per heavy atom. The van der Waals surface area contributed by atoms with Gasteiger partial charge in [0.1, 0.15) is 0 Å². The molecule has 0 amide bonds. The molecule has 1 fully saturated rings. The second-order valence-corrected chi connectivity index (χ2v) is 5.60. The summed E-state index contributed by atoms with van der Waals surface area (Å²) in [5.41, 5.74) is 1.31. The van der Waals surface area contributed by atoms with Crippen molar-refractivity contribution in [1.29, 1.82) is 0 Å². The average molecular weight is 250 g/mol. The minimum Gasteiger partial charge on any atom is -0.317 e. The van der Waals surface area contributed by atoms with E-state index in [1.54, 1.807) is 0 Å². The third kappa shape index (κ3) is 4.42. The van der Waals surface area contributed by atoms with E-state index in [2.05, 4.69) is 28.6 Å². The van der Waals surface area contributed by atoms with Crippen molar-refractivity contribution in [2.24, 2.45) is 13.0 Å². The van der Waals surface area contributed by atoms with E-state index >= 15 is 0 Å². The van der Waals surface area contributed by atoms with Crippen LogP contribution in [0.3, 0.4) is 0 Å². The fourth-order valence-corrected chi connectivity index (χ4v) is 2.76. The summed E-state index contributed by atoms with van der Waals surface area (Å²) in [7, 11) is 4.18. The van der Waals surface area contributed by atoms with Gasteiger partial charge in [-0.3, -0.25) is 4.68 Å². The Labute approximate surface area is 110 Å². The third-order valence-corrected chi connectivity index (χ3v) is 3.82. The fourth-order valence-electron chi connectivity index (χ4n) is 2.76. The van der Waals surface area contributed by atoms with Crippen LogP contribution in [0.15, 0.2) is 12.4 Å². The molecular formula is C14H26N4. The molecule has 2 rings (SSSR count). The smallest absolute Gasteiger partial charge is 0.0534 e. The van der Waals surface area contributed by atoms with Crippen molar-refractivity contribution in [2.75, 3.05) is 26.7 Å². The van der Waals surface area contributed by atoms with Crippen LogP contribution in [0, 0.1) is 5.92 Å². The molecule has 1 N–H and O–H groups in total. The number of hydrogen-bond donors (Lipinski definition) is 1. The fraction of sp³-hybridized carbons (Fsp3) is 0.786. The highest BCUT2D eigenvalue weighted by molar-refractivity contribution is 5.02. The highest BCUT2D eigenvalue weighted by Crippen LogP contribution is 2.17. The van der Waals surface area contributed by atoms with Gasteiger partial charge in [-0.1, -0.05) is 0 Å². The number of hydrogen-bond acceptors (Lipinski definition) is 3. The SMILES string of the molecule is CN(CCCC1CCNCC1)Cc1cnn(C)c1. The predicted molar refractivity (Wildman–Crippen MR) is 74.4 cm³/mol. The number of nitrogens with one attached hydrogen (secondary N) is 1. The summed E-state index contributed by atoms with van der Waals surface area (Å²) in [4.78, 5) is 2.40. The van der Waals surface area contributed by atoms with Crippen molar-refractivity contribution in [2.45, 2.75) is 32.2 Å². The van der Waals surface area contributed by atoms with E-state index in [-0.39, 0.29) is 0 Å². The Hall–Kier alpha value is -0.870. The van der Waals surface area contributed by atoms with Crippen LogP contribution in [0.1, 0.15) is 31.2 Å². The summed E-state index contributed by atoms with van der Waals surface area (Å²) in [6.07, 6.45) is 9.51. The zero-order valence-electron chi connectivity index (χ0n) is 11.7. The van der Waals surface area contributed by atoms with Crippen molar-refractivity contribution in [3.05, 3.63) is 18.0 Å². The van der Waals surface area contributed by atoms with Gasteiger partial charge < -0.3 is 10.2 Å². The van der Waals surface area contributed by atoms with E-state index in [9.17, 15) is 0 Å². The lowest BCUT2D eigenvalue weighted by atomic mass is 9.93. The standard InChI is InChI=1S/C14H26N4/c1-17(11-14-10-16-18(2)12-14)9-3-4-13-5-7-15-8-6-13/h10,12-13,15H,3-9,11H2,1-2H3. The monoisotopic (exact) mass is 250 g/mol. The molecule has 0 radical (unpaired) electrons. The molecule has 1 aromatic rings. The Morgan fingerprint density at radius 2 is 2.22 bits per heavy atom. The summed E-state index contributed by atoms with van der Waals surface area (Å²) in [6, 6.07) is 0. The van der Waals surface area contributed by atoms with Crippen molar-refractivity contribution in [3.63, 3.8) is 0 Å². The third-order valence-electron chi connectivity index (χ3n) is 3.82. The van der Waals surface area contributed by atoms with Gasteiger partial charge in [0, 0.05) is 25.4 Å². The summed E-state index contributed by atoms with van der Waals surface area (Å²) in [6.45, 7) is 4.64. The summed E-state index contributed by atoms with van der Waals surface area (Å²) >= 11 is 0. The molecule has 1 aliphatic rings. The number of aromatic nitrogens is 2. The first-order valence-electron chi connectivity index (χ1n) is 7.11. The van der Waals surface area contributed by atoms with E-state index in [4.69, 9.17) is 0 Å². The average Bonchev–Trinajstić information content (AvgIpc) is 2.76. The van der Waals surface area contributed by atoms with Gasteiger partial charge in [-0.25, -0.2) is 0 Å². The maximum Gasteiger partial charge on any atom is 0.0534 e. The molecule has 1 saturated heterocycles. The quantitative estimate of drug-likeness (QED) is 0.833. The second kappa shape index (κ2) is 6.90. The normalized spacial score (nSPS) is 17.5. The van der Waals surface area contributed by atoms with Crippen LogP contribution in [0.4, 0.5) is 0 Å². The Morgan fingerprint density at radius 1 is 1.44 bits per heavy atom. The molecule has 0 spiro atoms. The van der Waals surface area contributed by atoms with Crippen molar-refractivity contribution >= 4 is 0 Å². The number of piperidine rings is 1. The Balaban J connectivity index is 1.60. The van der Waals surface area contributed by atoms with Gasteiger partial charge >= 0.3 is 0 Å². The van der Waals surface area contributed by atoms with Crippen LogP contribution in [0.5, 0.6) is 0 Å². The molecule has 0 unspecified atom stereocenters. The molecule has 1 aromatic heterocycles. The van der Waals surface area contributed by atoms with Gasteiger partial charge in [-0.05, 0) is 58.3 Å². The molecule has 1 aliphatic heterocycles. The zero-order valence-corrected chi connectivity index (χ0v) is 11.7. The van der Waals surface area contributed by atoms with Gasteiger partial charge in [0.2, 0.25) is 0 Å². The summed E-state index contributed by atoms with van der Waals surface area (Å²) in [5, 5.41) is 7.64. The molecule has 0 aromatic carbocycles. The molecule has 102 valence electrons. The highest BCUT2D eigenvalue weighted by atomic mass is 15.2. The van der Waals surface area contributed by atoms with Gasteiger partial charge in [-0.2, -0.15) is 5.10 Å². The predicted octanol–water partition coefficient (Wildman–Crippen LogP) is 1.63. The lowest BCUT2D eigenvalue weighted by Gasteiger charge is -2.23. The number of aryl methyl sites for hydroxylation is 1. The van der Waals surface area contributed by atoms with E-state index in [0.29, 0.717) is 0 Å². The lowest BCUT2D eigenvalue weighted by Crippen LogP contribution is -2.28. The van der Waals surface area contributed by atoms with E-state index in [1.165, 1.54) is 50.9 Å². The molecule has 4 nitrogen and oxygen atoms in total. The Kier molecular flexibility index (Phi) is 5.20. The largest absolute Gasteiger partial charge is 0.317 e. The van der Waals surface area contributed by atoms with Crippen LogP contribution in [0.25, 0.3) is 0 Å². The molecule has 0 aliphatic carbocycles. The molecule has 18 heavy (non-hydrogen) atoms. The first-order chi connectivity index (χ1) is 8.74. The minimum absolute atomic E-state index is 0.957. The van der Waals surface area contributed by atoms with Gasteiger partial charge in [0.05, 0.1) is 6.20 Å². The van der Waals surface area contributed by atoms with Crippen molar-refractivity contribution in [1.82, 2.24) is 20.0 Å². The number of nitrogens with zero attached hydrogens (tertiary/aromatic N) is 3. The molecular weight excluding hydrogens is 224 g/mol. The minimum atomic E-state index is 0.957. The van der Waals surface area contributed by atoms with Crippen LogP contribution < -0.4 is 5.32 Å². The Bertz CT molecular complexity index is 341. The van der Waals surface area contributed by atoms with Gasteiger partial charge in [0.25, 0.3) is 0 Å². The summed E-state index contributed by atoms with van der Waals surface area (Å²) < 4.78 is 1.87. The molecule has 0 bridgehead atoms. The lowest BCUT2D eigenvalue weighted by molar-refractivity contribution is 0.286. The van der Waals surface area contributed by atoms with E-state index in [0.717, 1.165) is 12.5 Å². The zero-order chi connectivity index (χ0) is 12.8. The van der Waals surface area contributed by atoms with Crippen LogP contribution in [0.2, 0.25) is 0 Å². The van der Waals surface area contributed by atoms with E-state index in [1.807, 2.05) is 17.9 Å². The molecule has 4 heteroatoms. The van der Waals surface area contributed by atoms with Gasteiger partial charge in [-0.15, -0.1) is 0 Å². The number of rotatable bonds is 6. The topological polar surface area (TPSA) is 33.1 Å². The van der Waals surface area contributed by atoms with Crippen LogP contribution in [-0.4, -0.2) is 41.4 Å². The van der Waals surface area contributed by atoms with Crippen LogP contribution in [-0.2, 0) is 13.6 Å². The second-order valence-electron chi connectivity index (χ2n) is 5.60. The highest BCUT2D eigenvalue weighted by Gasteiger charge is 2.12. The van der Waals surface area contributed by atoms with Crippen LogP contribution >= 0.6 is 0 Å². The van der Waals surface area contributed by atoms with E-state index < -0.39 is 0 Å². The van der Waals surface area contributed by atoms with Crippen molar-refractivity contribution in [3.8, 4) is 0 Å². The molecule has 2 heterocycles. The molecule has 0 saturated carbocycles. The summed E-state index contributed by atoms with van der Waals surface area (Å²) in [5.74, 6) is 0.957.